The lowest BCUT2D eigenvalue weighted by Crippen LogP contribution is -2.21. The molecule has 100 valence electrons. The van der Waals surface area contributed by atoms with Gasteiger partial charge in [0.2, 0.25) is 0 Å². The van der Waals surface area contributed by atoms with Crippen molar-refractivity contribution in [2.75, 3.05) is 13.1 Å². The van der Waals surface area contributed by atoms with Crippen LogP contribution in [0.3, 0.4) is 0 Å². The highest BCUT2D eigenvalue weighted by Gasteiger charge is 2.10. The molecule has 19 heavy (non-hydrogen) atoms. The lowest BCUT2D eigenvalue weighted by atomic mass is 10.2. The molecule has 0 saturated carbocycles. The summed E-state index contributed by atoms with van der Waals surface area (Å²) >= 11 is 1.74. The quantitative estimate of drug-likeness (QED) is 0.852. The van der Waals surface area contributed by atoms with Gasteiger partial charge in [-0.2, -0.15) is 0 Å². The van der Waals surface area contributed by atoms with Crippen molar-refractivity contribution in [1.29, 1.82) is 0 Å². The van der Waals surface area contributed by atoms with Crippen LogP contribution in [0, 0.1) is 11.8 Å². The minimum atomic E-state index is 0.402. The Bertz CT molecular complexity index is 548. The fourth-order valence-corrected chi connectivity index (χ4v) is 2.70. The highest BCUT2D eigenvalue weighted by Crippen LogP contribution is 2.19. The second-order valence-corrected chi connectivity index (χ2v) is 5.15. The van der Waals surface area contributed by atoms with E-state index in [2.05, 4.69) is 35.1 Å². The Kier molecular flexibility index (Phi) is 5.22. The van der Waals surface area contributed by atoms with E-state index in [1.807, 2.05) is 12.1 Å². The molecule has 0 saturated heterocycles. The van der Waals surface area contributed by atoms with Gasteiger partial charge in [-0.05, 0) is 30.1 Å². The zero-order chi connectivity index (χ0) is 13.5. The Balaban J connectivity index is 2.04. The Morgan fingerprint density at radius 3 is 2.95 bits per heavy atom. The summed E-state index contributed by atoms with van der Waals surface area (Å²) in [5.74, 6) is 7.04. The first-order valence-corrected chi connectivity index (χ1v) is 7.21. The van der Waals surface area contributed by atoms with Crippen LogP contribution in [-0.4, -0.2) is 18.0 Å². The molecular formula is C15H18N2OS. The van der Waals surface area contributed by atoms with Gasteiger partial charge in [0.15, 0.2) is 0 Å². The van der Waals surface area contributed by atoms with Gasteiger partial charge in [-0.1, -0.05) is 18.8 Å². The van der Waals surface area contributed by atoms with Crippen molar-refractivity contribution in [1.82, 2.24) is 4.90 Å². The fourth-order valence-electron chi connectivity index (χ4n) is 1.83. The molecule has 2 N–H and O–H groups in total. The summed E-state index contributed by atoms with van der Waals surface area (Å²) in [5, 5.41) is 2.08. The van der Waals surface area contributed by atoms with Crippen molar-refractivity contribution < 1.29 is 4.42 Å². The standard InChI is InChI=1S/C15H18N2OS/c1-2-17(11-14-6-4-9-18-14)12-15-13(5-3-8-16)7-10-19-15/h4,6-7,9-10H,2,8,11-12,16H2,1H3. The molecule has 2 rings (SSSR count). The van der Waals surface area contributed by atoms with Crippen LogP contribution in [0.15, 0.2) is 34.3 Å². The third-order valence-electron chi connectivity index (χ3n) is 2.84. The highest BCUT2D eigenvalue weighted by atomic mass is 32.1. The maximum absolute atomic E-state index is 5.42. The maximum atomic E-state index is 5.42. The molecule has 0 amide bonds. The number of furan rings is 1. The number of nitrogens with zero attached hydrogens (tertiary/aromatic N) is 1. The molecule has 4 heteroatoms. The Hall–Kier alpha value is -1.54. The summed E-state index contributed by atoms with van der Waals surface area (Å²) in [6.07, 6.45) is 1.71. The fraction of sp³-hybridized carbons (Fsp3) is 0.333. The van der Waals surface area contributed by atoms with Crippen LogP contribution in [0.2, 0.25) is 0 Å². The molecule has 2 heterocycles. The summed E-state index contributed by atoms with van der Waals surface area (Å²) in [4.78, 5) is 3.62. The molecule has 0 fully saturated rings. The van der Waals surface area contributed by atoms with Gasteiger partial charge in [0, 0.05) is 17.0 Å². The minimum absolute atomic E-state index is 0.402. The molecule has 0 aliphatic carbocycles. The monoisotopic (exact) mass is 274 g/mol. The maximum Gasteiger partial charge on any atom is 0.117 e. The first-order valence-electron chi connectivity index (χ1n) is 6.33. The molecule has 0 bridgehead atoms. The van der Waals surface area contributed by atoms with Gasteiger partial charge in [-0.3, -0.25) is 4.90 Å². The van der Waals surface area contributed by atoms with Crippen molar-refractivity contribution in [3.63, 3.8) is 0 Å². The van der Waals surface area contributed by atoms with E-state index in [1.54, 1.807) is 17.6 Å². The number of hydrogen-bond acceptors (Lipinski definition) is 4. The van der Waals surface area contributed by atoms with E-state index in [-0.39, 0.29) is 0 Å². The van der Waals surface area contributed by atoms with Crippen LogP contribution < -0.4 is 5.73 Å². The highest BCUT2D eigenvalue weighted by molar-refractivity contribution is 7.10. The first-order chi connectivity index (χ1) is 9.33. The van der Waals surface area contributed by atoms with E-state index < -0.39 is 0 Å². The average molecular weight is 274 g/mol. The SMILES string of the molecule is CCN(Cc1ccco1)Cc1sccc1C#CCN. The van der Waals surface area contributed by atoms with Crippen LogP contribution >= 0.6 is 11.3 Å². The molecule has 0 aliphatic heterocycles. The summed E-state index contributed by atoms with van der Waals surface area (Å²) in [6, 6.07) is 5.99. The smallest absolute Gasteiger partial charge is 0.117 e. The molecule has 2 aromatic rings. The van der Waals surface area contributed by atoms with Gasteiger partial charge < -0.3 is 10.2 Å². The predicted molar refractivity (Wildman–Crippen MR) is 78.7 cm³/mol. The van der Waals surface area contributed by atoms with Crippen LogP contribution in [0.4, 0.5) is 0 Å². The van der Waals surface area contributed by atoms with Gasteiger partial charge in [0.05, 0.1) is 19.4 Å². The third-order valence-corrected chi connectivity index (χ3v) is 3.75. The normalized spacial score (nSPS) is 10.5. The van der Waals surface area contributed by atoms with Crippen LogP contribution in [0.25, 0.3) is 0 Å². The first kappa shape index (κ1) is 13.9. The Labute approximate surface area is 118 Å². The molecule has 0 aromatic carbocycles. The van der Waals surface area contributed by atoms with Gasteiger partial charge in [0.25, 0.3) is 0 Å². The average Bonchev–Trinajstić information content (AvgIpc) is 3.07. The van der Waals surface area contributed by atoms with Crippen molar-refractivity contribution in [3.05, 3.63) is 46.0 Å². The molecule has 0 aliphatic rings. The van der Waals surface area contributed by atoms with Gasteiger partial charge >= 0.3 is 0 Å². The third kappa shape index (κ3) is 3.97. The molecular weight excluding hydrogens is 256 g/mol. The molecule has 0 atom stereocenters. The van der Waals surface area contributed by atoms with Crippen LogP contribution in [-0.2, 0) is 13.1 Å². The summed E-state index contributed by atoms with van der Waals surface area (Å²) in [7, 11) is 0. The Morgan fingerprint density at radius 2 is 2.26 bits per heavy atom. The topological polar surface area (TPSA) is 42.4 Å². The molecule has 0 spiro atoms. The minimum Gasteiger partial charge on any atom is -0.468 e. The molecule has 0 radical (unpaired) electrons. The van der Waals surface area contributed by atoms with E-state index in [1.165, 1.54) is 4.88 Å². The number of hydrogen-bond donors (Lipinski definition) is 1. The summed E-state index contributed by atoms with van der Waals surface area (Å²) in [6.45, 7) is 5.25. The van der Waals surface area contributed by atoms with Crippen molar-refractivity contribution in [2.45, 2.75) is 20.0 Å². The number of thiophene rings is 1. The van der Waals surface area contributed by atoms with Gasteiger partial charge in [0.1, 0.15) is 5.76 Å². The molecule has 3 nitrogen and oxygen atoms in total. The second-order valence-electron chi connectivity index (χ2n) is 4.15. The second kappa shape index (κ2) is 7.15. The summed E-state index contributed by atoms with van der Waals surface area (Å²) < 4.78 is 5.40. The van der Waals surface area contributed by atoms with Crippen molar-refractivity contribution >= 4 is 11.3 Å². The van der Waals surface area contributed by atoms with E-state index in [4.69, 9.17) is 10.2 Å². The summed E-state index contributed by atoms with van der Waals surface area (Å²) in [5.41, 5.74) is 6.51. The van der Waals surface area contributed by atoms with Crippen molar-refractivity contribution in [3.8, 4) is 11.8 Å². The van der Waals surface area contributed by atoms with E-state index in [9.17, 15) is 0 Å². The largest absolute Gasteiger partial charge is 0.468 e. The van der Waals surface area contributed by atoms with Crippen LogP contribution in [0.1, 0.15) is 23.1 Å². The van der Waals surface area contributed by atoms with Crippen molar-refractivity contribution in [2.24, 2.45) is 5.73 Å². The van der Waals surface area contributed by atoms with E-state index in [0.29, 0.717) is 6.54 Å². The number of rotatable bonds is 5. The Morgan fingerprint density at radius 1 is 1.37 bits per heavy atom. The number of nitrogens with two attached hydrogens (primary N) is 1. The van der Waals surface area contributed by atoms with E-state index in [0.717, 1.165) is 31.0 Å². The van der Waals surface area contributed by atoms with Gasteiger partial charge in [-0.15, -0.1) is 11.3 Å². The lowest BCUT2D eigenvalue weighted by Gasteiger charge is -2.18. The lowest BCUT2D eigenvalue weighted by molar-refractivity contribution is 0.249. The van der Waals surface area contributed by atoms with Gasteiger partial charge in [-0.25, -0.2) is 0 Å². The van der Waals surface area contributed by atoms with E-state index >= 15 is 0 Å². The zero-order valence-corrected chi connectivity index (χ0v) is 11.9. The zero-order valence-electron chi connectivity index (χ0n) is 11.1. The molecule has 2 aromatic heterocycles. The predicted octanol–water partition coefficient (Wildman–Crippen LogP) is 2.67. The molecule has 0 unspecified atom stereocenters. The van der Waals surface area contributed by atoms with Crippen LogP contribution in [0.5, 0.6) is 0 Å².